The number of amides is 1. The van der Waals surface area contributed by atoms with Crippen LogP contribution in [0.25, 0.3) is 0 Å². The molecule has 0 saturated carbocycles. The number of likely N-dealkylation sites (tertiary alicyclic amines) is 1. The minimum Gasteiger partial charge on any atom is -0.481 e. The van der Waals surface area contributed by atoms with Gasteiger partial charge < -0.3 is 14.7 Å². The molecule has 0 aromatic carbocycles. The van der Waals surface area contributed by atoms with Crippen LogP contribution in [-0.4, -0.2) is 41.8 Å². The number of carbonyl (C=O) groups excluding carboxylic acids is 1. The van der Waals surface area contributed by atoms with E-state index >= 15 is 0 Å². The Morgan fingerprint density at radius 2 is 2.20 bits per heavy atom. The molecule has 1 N–H and O–H groups in total. The van der Waals surface area contributed by atoms with Crippen LogP contribution < -0.4 is 0 Å². The zero-order valence-electron chi connectivity index (χ0n) is 8.73. The number of hydrogen-bond donors (Lipinski definition) is 1. The maximum atomic E-state index is 11.3. The van der Waals surface area contributed by atoms with Gasteiger partial charge in [-0.25, -0.2) is 4.79 Å². The van der Waals surface area contributed by atoms with Crippen molar-refractivity contribution in [3.63, 3.8) is 0 Å². The summed E-state index contributed by atoms with van der Waals surface area (Å²) in [5.74, 6) is -0.849. The van der Waals surface area contributed by atoms with Crippen molar-refractivity contribution in [2.24, 2.45) is 5.41 Å². The van der Waals surface area contributed by atoms with Gasteiger partial charge in [0.1, 0.15) is 12.0 Å². The van der Waals surface area contributed by atoms with Gasteiger partial charge in [-0.3, -0.25) is 4.79 Å². The van der Waals surface area contributed by atoms with Crippen molar-refractivity contribution in [2.45, 2.75) is 13.3 Å². The van der Waals surface area contributed by atoms with Crippen LogP contribution in [0.15, 0.2) is 12.7 Å². The normalized spacial score (nSPS) is 17.8. The third kappa shape index (κ3) is 2.11. The third-order valence-electron chi connectivity index (χ3n) is 2.70. The van der Waals surface area contributed by atoms with Crippen LogP contribution in [0.2, 0.25) is 0 Å². The molecule has 0 aromatic heterocycles. The molecule has 15 heavy (non-hydrogen) atoms. The molecular formula is C10H15NO4. The molecule has 1 aliphatic heterocycles. The van der Waals surface area contributed by atoms with Gasteiger partial charge in [-0.1, -0.05) is 19.6 Å². The summed E-state index contributed by atoms with van der Waals surface area (Å²) in [6.45, 7) is 5.84. The molecule has 0 bridgehead atoms. The number of nitrogens with zero attached hydrogens (tertiary/aromatic N) is 1. The highest BCUT2D eigenvalue weighted by Gasteiger charge is 2.50. The molecule has 0 unspecified atom stereocenters. The summed E-state index contributed by atoms with van der Waals surface area (Å²) in [6.07, 6.45) is 1.52. The maximum Gasteiger partial charge on any atom is 0.410 e. The molecule has 84 valence electrons. The molecule has 0 aromatic rings. The van der Waals surface area contributed by atoms with E-state index in [0.29, 0.717) is 6.42 Å². The van der Waals surface area contributed by atoms with Gasteiger partial charge in [0, 0.05) is 13.1 Å². The maximum absolute atomic E-state index is 11.3. The number of rotatable bonds is 4. The molecule has 5 nitrogen and oxygen atoms in total. The molecule has 1 heterocycles. The van der Waals surface area contributed by atoms with Crippen molar-refractivity contribution in [3.05, 3.63) is 12.7 Å². The monoisotopic (exact) mass is 213 g/mol. The number of carboxylic acid groups (broad SMARTS) is 1. The third-order valence-corrected chi connectivity index (χ3v) is 2.70. The first-order chi connectivity index (χ1) is 7.05. The lowest BCUT2D eigenvalue weighted by atomic mass is 9.78. The van der Waals surface area contributed by atoms with E-state index in [2.05, 4.69) is 6.58 Å². The Balaban J connectivity index is 2.44. The fraction of sp³-hybridized carbons (Fsp3) is 0.600. The molecule has 0 aliphatic carbocycles. The second-order valence-corrected chi connectivity index (χ2v) is 3.66. The summed E-state index contributed by atoms with van der Waals surface area (Å²) in [4.78, 5) is 23.6. The van der Waals surface area contributed by atoms with Gasteiger partial charge in [-0.15, -0.1) is 0 Å². The zero-order valence-corrected chi connectivity index (χ0v) is 8.73. The number of hydrogen-bond acceptors (Lipinski definition) is 3. The average Bonchev–Trinajstić information content (AvgIpc) is 2.13. The van der Waals surface area contributed by atoms with Gasteiger partial charge in [0.05, 0.1) is 0 Å². The molecule has 1 aliphatic rings. The summed E-state index contributed by atoms with van der Waals surface area (Å²) in [5.41, 5.74) is -0.771. The van der Waals surface area contributed by atoms with Gasteiger partial charge >= 0.3 is 12.1 Å². The van der Waals surface area contributed by atoms with Crippen LogP contribution in [-0.2, 0) is 9.53 Å². The van der Waals surface area contributed by atoms with E-state index in [-0.39, 0.29) is 19.7 Å². The van der Waals surface area contributed by atoms with Gasteiger partial charge in [0.15, 0.2) is 0 Å². The van der Waals surface area contributed by atoms with Gasteiger partial charge in [0.2, 0.25) is 0 Å². The van der Waals surface area contributed by atoms with E-state index in [1.54, 1.807) is 6.92 Å². The topological polar surface area (TPSA) is 66.8 Å². The lowest BCUT2D eigenvalue weighted by Gasteiger charge is -2.45. The Morgan fingerprint density at radius 1 is 1.60 bits per heavy atom. The highest BCUT2D eigenvalue weighted by molar-refractivity contribution is 5.80. The predicted octanol–water partition coefficient (Wildman–Crippen LogP) is 1.11. The Kier molecular flexibility index (Phi) is 3.34. The van der Waals surface area contributed by atoms with Crippen LogP contribution in [0.3, 0.4) is 0 Å². The lowest BCUT2D eigenvalue weighted by Crippen LogP contribution is -2.61. The highest BCUT2D eigenvalue weighted by Crippen LogP contribution is 2.34. The molecule has 0 atom stereocenters. The van der Waals surface area contributed by atoms with Crippen molar-refractivity contribution in [2.75, 3.05) is 19.7 Å². The second-order valence-electron chi connectivity index (χ2n) is 3.66. The first-order valence-electron chi connectivity index (χ1n) is 4.81. The van der Waals surface area contributed by atoms with Crippen molar-refractivity contribution in [1.29, 1.82) is 0 Å². The van der Waals surface area contributed by atoms with Crippen LogP contribution in [0.1, 0.15) is 13.3 Å². The van der Waals surface area contributed by atoms with Crippen LogP contribution in [0.4, 0.5) is 4.79 Å². The molecule has 0 spiro atoms. The molecule has 1 rings (SSSR count). The Bertz CT molecular complexity index is 281. The largest absolute Gasteiger partial charge is 0.481 e. The van der Waals surface area contributed by atoms with Gasteiger partial charge in [-0.05, 0) is 6.42 Å². The van der Waals surface area contributed by atoms with Crippen LogP contribution in [0.5, 0.6) is 0 Å². The molecule has 0 radical (unpaired) electrons. The lowest BCUT2D eigenvalue weighted by molar-refractivity contribution is -0.158. The van der Waals surface area contributed by atoms with Crippen LogP contribution >= 0.6 is 0 Å². The minimum atomic E-state index is -0.849. The smallest absolute Gasteiger partial charge is 0.410 e. The van der Waals surface area contributed by atoms with Gasteiger partial charge in [-0.2, -0.15) is 0 Å². The van der Waals surface area contributed by atoms with E-state index in [4.69, 9.17) is 9.84 Å². The van der Waals surface area contributed by atoms with Crippen LogP contribution in [0, 0.1) is 5.41 Å². The zero-order chi connectivity index (χ0) is 11.5. The predicted molar refractivity (Wildman–Crippen MR) is 53.5 cm³/mol. The van der Waals surface area contributed by atoms with E-state index in [1.807, 2.05) is 0 Å². The molecule has 1 amide bonds. The number of carbonyl (C=O) groups is 2. The molecule has 1 saturated heterocycles. The first kappa shape index (κ1) is 11.6. The average molecular weight is 213 g/mol. The molecular weight excluding hydrogens is 198 g/mol. The Morgan fingerprint density at radius 3 is 2.60 bits per heavy atom. The van der Waals surface area contributed by atoms with Crippen molar-refractivity contribution in [1.82, 2.24) is 4.90 Å². The fourth-order valence-electron chi connectivity index (χ4n) is 1.55. The second kappa shape index (κ2) is 4.33. The minimum absolute atomic E-state index is 0.154. The number of ether oxygens (including phenoxy) is 1. The van der Waals surface area contributed by atoms with Gasteiger partial charge in [0.25, 0.3) is 0 Å². The molecule has 5 heteroatoms. The Labute approximate surface area is 88.3 Å². The number of aliphatic carboxylic acids is 1. The standard InChI is InChI=1S/C10H15NO4/c1-3-5-15-9(14)11-6-10(4-2,7-11)8(12)13/h3H,1,4-7H2,2H3,(H,12,13). The SMILES string of the molecule is C=CCOC(=O)N1CC(CC)(C(=O)O)C1. The Hall–Kier alpha value is -1.52. The number of carboxylic acids is 1. The first-order valence-corrected chi connectivity index (χ1v) is 4.81. The van der Waals surface area contributed by atoms with E-state index in [9.17, 15) is 9.59 Å². The summed E-state index contributed by atoms with van der Waals surface area (Å²) in [5, 5.41) is 8.96. The quantitative estimate of drug-likeness (QED) is 0.710. The molecule has 1 fully saturated rings. The van der Waals surface area contributed by atoms with E-state index in [0.717, 1.165) is 0 Å². The summed E-state index contributed by atoms with van der Waals surface area (Å²) in [7, 11) is 0. The van der Waals surface area contributed by atoms with E-state index < -0.39 is 17.5 Å². The highest BCUT2D eigenvalue weighted by atomic mass is 16.6. The summed E-state index contributed by atoms with van der Waals surface area (Å²) >= 11 is 0. The van der Waals surface area contributed by atoms with Crippen molar-refractivity contribution < 1.29 is 19.4 Å². The van der Waals surface area contributed by atoms with Crippen molar-refractivity contribution >= 4 is 12.1 Å². The summed E-state index contributed by atoms with van der Waals surface area (Å²) < 4.78 is 4.79. The van der Waals surface area contributed by atoms with Crippen molar-refractivity contribution in [3.8, 4) is 0 Å². The fourth-order valence-corrected chi connectivity index (χ4v) is 1.55. The van der Waals surface area contributed by atoms with E-state index in [1.165, 1.54) is 11.0 Å². The summed E-state index contributed by atoms with van der Waals surface area (Å²) in [6, 6.07) is 0.